The molecule has 226 valence electrons. The molecule has 3 N–H and O–H groups in total. The highest BCUT2D eigenvalue weighted by atomic mass is 19.4. The largest absolute Gasteiger partial charge is 0.494 e. The normalized spacial score (nSPS) is 17.2. The van der Waals surface area contributed by atoms with Crippen LogP contribution in [-0.2, 0) is 18.9 Å². The number of aromatic nitrogens is 4. The van der Waals surface area contributed by atoms with Crippen molar-refractivity contribution in [2.45, 2.75) is 44.9 Å². The molecule has 2 unspecified atom stereocenters. The van der Waals surface area contributed by atoms with E-state index in [2.05, 4.69) is 45.6 Å². The maximum Gasteiger partial charge on any atom is 0.490 e. The number of carboxylic acid groups (broad SMARTS) is 1. The second-order valence-corrected chi connectivity index (χ2v) is 10.2. The molecule has 14 heteroatoms. The maximum absolute atomic E-state index is 13.5. The molecular weight excluding hydrogens is 555 g/mol. The summed E-state index contributed by atoms with van der Waals surface area (Å²) in [5.41, 5.74) is 3.77. The lowest BCUT2D eigenvalue weighted by Gasteiger charge is -2.40. The Morgan fingerprint density at radius 1 is 1.14 bits per heavy atom. The highest BCUT2D eigenvalue weighted by Gasteiger charge is 2.38. The minimum atomic E-state index is -5.08. The lowest BCUT2D eigenvalue weighted by atomic mass is 9.96. The standard InChI is InChI=1S/C26H33N7O2.C2HF3O2/c1-6-27-18-9-10-33(16(2)11-18)23-8-7-19(25-20(23)15-32(4)30-25)26(34)28-22-12-17-14-31(3)29-21(17)13-24(22)35-5;3-2(4,5)1(6)7/h7-8,12-16,18,27H,6,9-11H2,1-5H3,(H,28,34);(H,6,7). The van der Waals surface area contributed by atoms with Gasteiger partial charge in [-0.3, -0.25) is 14.2 Å². The number of benzene rings is 2. The lowest BCUT2D eigenvalue weighted by Crippen LogP contribution is -2.47. The first kappa shape index (κ1) is 30.6. The van der Waals surface area contributed by atoms with Crippen LogP contribution in [0.5, 0.6) is 5.75 Å². The second-order valence-electron chi connectivity index (χ2n) is 10.2. The van der Waals surface area contributed by atoms with Gasteiger partial charge >= 0.3 is 12.1 Å². The zero-order valence-corrected chi connectivity index (χ0v) is 24.0. The smallest absolute Gasteiger partial charge is 0.490 e. The molecule has 0 spiro atoms. The number of aliphatic carboxylic acids is 1. The number of anilines is 2. The van der Waals surface area contributed by atoms with Gasteiger partial charge in [0.05, 0.1) is 23.9 Å². The number of nitrogens with zero attached hydrogens (tertiary/aromatic N) is 5. The van der Waals surface area contributed by atoms with Crippen LogP contribution in [-0.4, -0.2) is 75.0 Å². The predicted molar refractivity (Wildman–Crippen MR) is 153 cm³/mol. The second kappa shape index (κ2) is 12.3. The Hall–Kier alpha value is -4.33. The molecule has 2 atom stereocenters. The van der Waals surface area contributed by atoms with Crippen LogP contribution in [0.3, 0.4) is 0 Å². The van der Waals surface area contributed by atoms with E-state index in [0.29, 0.717) is 34.6 Å². The SMILES string of the molecule is CCNC1CCN(c2ccc(C(=O)Nc3cc4cn(C)nc4cc3OC)c3nn(C)cc23)C(C)C1.O=C(O)C(F)(F)F. The molecule has 1 amide bonds. The fourth-order valence-electron chi connectivity index (χ4n) is 5.28. The van der Waals surface area contributed by atoms with Gasteiger partial charge in [-0.05, 0) is 44.5 Å². The first-order chi connectivity index (χ1) is 19.8. The van der Waals surface area contributed by atoms with Gasteiger partial charge in [-0.25, -0.2) is 4.79 Å². The van der Waals surface area contributed by atoms with Crippen LogP contribution in [0, 0.1) is 0 Å². The zero-order chi connectivity index (χ0) is 30.8. The third-order valence-electron chi connectivity index (χ3n) is 7.12. The Morgan fingerprint density at radius 2 is 1.83 bits per heavy atom. The molecule has 4 aromatic rings. The first-order valence-electron chi connectivity index (χ1n) is 13.4. The fraction of sp³-hybridized carbons (Fsp3) is 0.429. The van der Waals surface area contributed by atoms with Crippen LogP contribution in [0.25, 0.3) is 21.8 Å². The van der Waals surface area contributed by atoms with Gasteiger partial charge < -0.3 is 25.4 Å². The number of hydrogen-bond acceptors (Lipinski definition) is 7. The van der Waals surface area contributed by atoms with Gasteiger partial charge in [-0.1, -0.05) is 6.92 Å². The molecule has 2 aromatic carbocycles. The highest BCUT2D eigenvalue weighted by molar-refractivity contribution is 6.14. The van der Waals surface area contributed by atoms with Crippen molar-refractivity contribution in [2.75, 3.05) is 30.4 Å². The lowest BCUT2D eigenvalue weighted by molar-refractivity contribution is -0.192. The third kappa shape index (κ3) is 6.59. The molecule has 11 nitrogen and oxygen atoms in total. The maximum atomic E-state index is 13.5. The monoisotopic (exact) mass is 589 g/mol. The molecule has 2 aromatic heterocycles. The van der Waals surface area contributed by atoms with E-state index in [4.69, 9.17) is 14.6 Å². The quantitative estimate of drug-likeness (QED) is 0.304. The van der Waals surface area contributed by atoms with Crippen LogP contribution in [0.1, 0.15) is 37.0 Å². The molecule has 0 aliphatic carbocycles. The Morgan fingerprint density at radius 3 is 2.45 bits per heavy atom. The summed E-state index contributed by atoms with van der Waals surface area (Å²) < 4.78 is 40.8. The number of carbonyl (C=O) groups is 2. The van der Waals surface area contributed by atoms with Gasteiger partial charge in [0.25, 0.3) is 5.91 Å². The molecule has 5 rings (SSSR count). The van der Waals surface area contributed by atoms with Crippen molar-refractivity contribution in [3.8, 4) is 5.75 Å². The third-order valence-corrected chi connectivity index (χ3v) is 7.12. The van der Waals surface area contributed by atoms with Crippen molar-refractivity contribution in [1.29, 1.82) is 0 Å². The van der Waals surface area contributed by atoms with Crippen LogP contribution < -0.4 is 20.3 Å². The average Bonchev–Trinajstić information content (AvgIpc) is 3.48. The van der Waals surface area contributed by atoms with E-state index in [9.17, 15) is 18.0 Å². The van der Waals surface area contributed by atoms with Gasteiger partial charge in [0, 0.05) is 67.6 Å². The van der Waals surface area contributed by atoms with Gasteiger partial charge in [-0.15, -0.1) is 0 Å². The zero-order valence-electron chi connectivity index (χ0n) is 24.0. The molecule has 1 aliphatic rings. The molecule has 0 bridgehead atoms. The minimum Gasteiger partial charge on any atom is -0.494 e. The van der Waals surface area contributed by atoms with E-state index < -0.39 is 12.1 Å². The van der Waals surface area contributed by atoms with E-state index in [1.807, 2.05) is 44.7 Å². The molecule has 0 radical (unpaired) electrons. The van der Waals surface area contributed by atoms with Crippen molar-refractivity contribution in [3.63, 3.8) is 0 Å². The van der Waals surface area contributed by atoms with Crippen molar-refractivity contribution in [2.24, 2.45) is 14.1 Å². The number of amides is 1. The molecule has 0 saturated carbocycles. The predicted octanol–water partition coefficient (Wildman–Crippen LogP) is 4.32. The number of nitrogens with one attached hydrogen (secondary N) is 2. The van der Waals surface area contributed by atoms with Gasteiger partial charge in [0.15, 0.2) is 0 Å². The molecule has 3 heterocycles. The number of carbonyl (C=O) groups excluding carboxylic acids is 1. The first-order valence-corrected chi connectivity index (χ1v) is 13.4. The summed E-state index contributed by atoms with van der Waals surface area (Å²) in [6.45, 7) is 6.39. The number of aryl methyl sites for hydroxylation is 2. The van der Waals surface area contributed by atoms with Crippen molar-refractivity contribution in [1.82, 2.24) is 24.9 Å². The topological polar surface area (TPSA) is 127 Å². The van der Waals surface area contributed by atoms with Crippen molar-refractivity contribution in [3.05, 3.63) is 42.2 Å². The van der Waals surface area contributed by atoms with E-state index in [1.54, 1.807) is 16.5 Å². The summed E-state index contributed by atoms with van der Waals surface area (Å²) in [6, 6.07) is 8.62. The van der Waals surface area contributed by atoms with Crippen molar-refractivity contribution < 1.29 is 32.6 Å². The summed E-state index contributed by atoms with van der Waals surface area (Å²) in [5, 5.41) is 24.8. The Balaban J connectivity index is 0.000000517. The van der Waals surface area contributed by atoms with Gasteiger partial charge in [0.2, 0.25) is 0 Å². The molecule has 1 fully saturated rings. The minimum absolute atomic E-state index is 0.222. The Labute approximate surface area is 240 Å². The Bertz CT molecular complexity index is 1600. The van der Waals surface area contributed by atoms with E-state index in [1.165, 1.54) is 0 Å². The molecular formula is C28H34F3N7O4. The number of methoxy groups -OCH3 is 1. The number of ether oxygens (including phenoxy) is 1. The van der Waals surface area contributed by atoms with Gasteiger partial charge in [0.1, 0.15) is 11.3 Å². The number of carboxylic acids is 1. The number of alkyl halides is 3. The molecule has 42 heavy (non-hydrogen) atoms. The van der Waals surface area contributed by atoms with E-state index in [0.717, 1.165) is 47.9 Å². The number of hydrogen-bond donors (Lipinski definition) is 3. The number of rotatable bonds is 6. The molecule has 1 aliphatic heterocycles. The van der Waals surface area contributed by atoms with E-state index in [-0.39, 0.29) is 5.91 Å². The fourth-order valence-corrected chi connectivity index (χ4v) is 5.28. The van der Waals surface area contributed by atoms with Crippen LogP contribution in [0.15, 0.2) is 36.7 Å². The summed E-state index contributed by atoms with van der Waals surface area (Å²) in [6.07, 6.45) is 1.02. The summed E-state index contributed by atoms with van der Waals surface area (Å²) in [7, 11) is 5.35. The van der Waals surface area contributed by atoms with Crippen LogP contribution in [0.4, 0.5) is 24.5 Å². The average molecular weight is 590 g/mol. The molecule has 1 saturated heterocycles. The summed E-state index contributed by atoms with van der Waals surface area (Å²) in [4.78, 5) is 24.8. The summed E-state index contributed by atoms with van der Waals surface area (Å²) in [5.74, 6) is -2.41. The van der Waals surface area contributed by atoms with Gasteiger partial charge in [-0.2, -0.15) is 23.4 Å². The van der Waals surface area contributed by atoms with Crippen molar-refractivity contribution >= 4 is 45.1 Å². The number of halogens is 3. The van der Waals surface area contributed by atoms with E-state index >= 15 is 0 Å². The highest BCUT2D eigenvalue weighted by Crippen LogP contribution is 2.35. The van der Waals surface area contributed by atoms with Crippen LogP contribution >= 0.6 is 0 Å². The number of piperidine rings is 1. The van der Waals surface area contributed by atoms with Crippen LogP contribution in [0.2, 0.25) is 0 Å². The number of fused-ring (bicyclic) bond motifs is 2. The Kier molecular flexibility index (Phi) is 8.95. The summed E-state index contributed by atoms with van der Waals surface area (Å²) >= 11 is 0.